The molecule has 0 aliphatic carbocycles. The van der Waals surface area contributed by atoms with Crippen LogP contribution >= 0.6 is 0 Å². The van der Waals surface area contributed by atoms with Gasteiger partial charge >= 0.3 is 0 Å². The quantitative estimate of drug-likeness (QED) is 0.854. The zero-order chi connectivity index (χ0) is 17.0. The molecule has 0 amide bonds. The normalized spacial score (nSPS) is 13.7. The van der Waals surface area contributed by atoms with E-state index in [0.29, 0.717) is 5.56 Å². The van der Waals surface area contributed by atoms with Gasteiger partial charge in [0.2, 0.25) is 0 Å². The molecule has 0 spiro atoms. The topological polar surface area (TPSA) is 41.5 Å². The molecule has 3 nitrogen and oxygen atoms in total. The average molecular weight is 325 g/mol. The van der Waals surface area contributed by atoms with Crippen LogP contribution in [0.3, 0.4) is 0 Å². The van der Waals surface area contributed by atoms with Crippen molar-refractivity contribution in [1.82, 2.24) is 5.32 Å². The Balaban J connectivity index is 2.02. The van der Waals surface area contributed by atoms with E-state index in [1.165, 1.54) is 19.2 Å². The molecule has 2 N–H and O–H groups in total. The molecule has 0 radical (unpaired) electrons. The summed E-state index contributed by atoms with van der Waals surface area (Å²) in [5.74, 6) is -1.65. The highest BCUT2D eigenvalue weighted by Crippen LogP contribution is 2.23. The van der Waals surface area contributed by atoms with Gasteiger partial charge in [-0.05, 0) is 42.8 Å². The van der Waals surface area contributed by atoms with Gasteiger partial charge in [0.25, 0.3) is 0 Å². The van der Waals surface area contributed by atoms with Crippen molar-refractivity contribution in [3.05, 3.63) is 65.0 Å². The first-order valence-corrected chi connectivity index (χ1v) is 7.12. The van der Waals surface area contributed by atoms with Gasteiger partial charge in [0, 0.05) is 18.2 Å². The lowest BCUT2D eigenvalue weighted by Gasteiger charge is -2.18. The molecule has 2 rings (SSSR count). The standard InChI is InChI=1S/C17H18F3NO2/c1-10(11-3-6-17(23-2)15(20)7-11)21-9-16(22)13-8-12(18)4-5-14(13)19/h3-8,10,16,21-22H,9H2,1-2H3. The van der Waals surface area contributed by atoms with Crippen molar-refractivity contribution in [2.75, 3.05) is 13.7 Å². The van der Waals surface area contributed by atoms with E-state index in [2.05, 4.69) is 5.32 Å². The molecular weight excluding hydrogens is 307 g/mol. The SMILES string of the molecule is COc1ccc(C(C)NCC(O)c2cc(F)ccc2F)cc1F. The number of halogens is 3. The van der Waals surface area contributed by atoms with Gasteiger partial charge in [0.15, 0.2) is 11.6 Å². The van der Waals surface area contributed by atoms with Crippen LogP contribution < -0.4 is 10.1 Å². The molecule has 0 aromatic heterocycles. The maximum Gasteiger partial charge on any atom is 0.165 e. The van der Waals surface area contributed by atoms with Crippen LogP contribution in [0, 0.1) is 17.5 Å². The summed E-state index contributed by atoms with van der Waals surface area (Å²) in [5, 5.41) is 13.0. The average Bonchev–Trinajstić information content (AvgIpc) is 2.54. The number of hydrogen-bond donors (Lipinski definition) is 2. The van der Waals surface area contributed by atoms with Gasteiger partial charge in [-0.2, -0.15) is 0 Å². The molecule has 2 aromatic rings. The second-order valence-electron chi connectivity index (χ2n) is 5.21. The molecule has 0 saturated carbocycles. The largest absolute Gasteiger partial charge is 0.494 e. The van der Waals surface area contributed by atoms with Gasteiger partial charge in [0.05, 0.1) is 13.2 Å². The number of aliphatic hydroxyl groups is 1. The Bertz CT molecular complexity index is 679. The minimum absolute atomic E-state index is 0.00477. The van der Waals surface area contributed by atoms with E-state index < -0.39 is 23.6 Å². The summed E-state index contributed by atoms with van der Waals surface area (Å²) in [6.07, 6.45) is -1.21. The highest BCUT2D eigenvalue weighted by atomic mass is 19.1. The molecule has 0 heterocycles. The summed E-state index contributed by atoms with van der Waals surface area (Å²) in [6.45, 7) is 1.77. The smallest absolute Gasteiger partial charge is 0.165 e. The van der Waals surface area contributed by atoms with Crippen molar-refractivity contribution in [2.45, 2.75) is 19.1 Å². The van der Waals surface area contributed by atoms with E-state index in [-0.39, 0.29) is 23.9 Å². The molecule has 23 heavy (non-hydrogen) atoms. The summed E-state index contributed by atoms with van der Waals surface area (Å²) < 4.78 is 45.2. The third kappa shape index (κ3) is 4.24. The Morgan fingerprint density at radius 1 is 1.09 bits per heavy atom. The first-order valence-electron chi connectivity index (χ1n) is 7.12. The fourth-order valence-electron chi connectivity index (χ4n) is 2.24. The van der Waals surface area contributed by atoms with Crippen LogP contribution in [-0.4, -0.2) is 18.8 Å². The van der Waals surface area contributed by atoms with E-state index in [1.807, 2.05) is 0 Å². The second-order valence-corrected chi connectivity index (χ2v) is 5.21. The first-order chi connectivity index (χ1) is 10.9. The zero-order valence-corrected chi connectivity index (χ0v) is 12.8. The fourth-order valence-corrected chi connectivity index (χ4v) is 2.24. The van der Waals surface area contributed by atoms with E-state index in [1.54, 1.807) is 13.0 Å². The molecule has 2 atom stereocenters. The van der Waals surface area contributed by atoms with Crippen molar-refractivity contribution in [1.29, 1.82) is 0 Å². The lowest BCUT2D eigenvalue weighted by Crippen LogP contribution is -2.25. The van der Waals surface area contributed by atoms with Gasteiger partial charge < -0.3 is 15.2 Å². The monoisotopic (exact) mass is 325 g/mol. The lowest BCUT2D eigenvalue weighted by molar-refractivity contribution is 0.165. The number of rotatable bonds is 6. The Hall–Kier alpha value is -2.05. The molecule has 6 heteroatoms. The summed E-state index contributed by atoms with van der Waals surface area (Å²) >= 11 is 0. The van der Waals surface area contributed by atoms with Crippen molar-refractivity contribution >= 4 is 0 Å². The second kappa shape index (κ2) is 7.48. The van der Waals surface area contributed by atoms with Crippen LogP contribution in [0.15, 0.2) is 36.4 Å². The highest BCUT2D eigenvalue weighted by Gasteiger charge is 2.16. The zero-order valence-electron chi connectivity index (χ0n) is 12.8. The Morgan fingerprint density at radius 2 is 1.83 bits per heavy atom. The van der Waals surface area contributed by atoms with Gasteiger partial charge in [-0.25, -0.2) is 13.2 Å². The molecule has 0 aliphatic rings. The predicted molar refractivity (Wildman–Crippen MR) is 80.7 cm³/mol. The van der Waals surface area contributed by atoms with Crippen molar-refractivity contribution in [3.8, 4) is 5.75 Å². The Morgan fingerprint density at radius 3 is 2.48 bits per heavy atom. The first kappa shape index (κ1) is 17.3. The van der Waals surface area contributed by atoms with Crippen LogP contribution in [0.5, 0.6) is 5.75 Å². The Kier molecular flexibility index (Phi) is 5.63. The van der Waals surface area contributed by atoms with E-state index in [0.717, 1.165) is 18.2 Å². The van der Waals surface area contributed by atoms with Gasteiger partial charge in [-0.15, -0.1) is 0 Å². The van der Waals surface area contributed by atoms with E-state index in [9.17, 15) is 18.3 Å². The number of ether oxygens (including phenoxy) is 1. The molecule has 124 valence electrons. The minimum atomic E-state index is -1.21. The van der Waals surface area contributed by atoms with Gasteiger partial charge in [-0.3, -0.25) is 0 Å². The maximum atomic E-state index is 13.7. The molecular formula is C17H18F3NO2. The highest BCUT2D eigenvalue weighted by molar-refractivity contribution is 5.31. The molecule has 2 unspecified atom stereocenters. The van der Waals surface area contributed by atoms with Crippen molar-refractivity contribution < 1.29 is 23.0 Å². The van der Waals surface area contributed by atoms with Gasteiger partial charge in [0.1, 0.15) is 11.6 Å². The third-order valence-corrected chi connectivity index (χ3v) is 3.61. The number of aliphatic hydroxyl groups excluding tert-OH is 1. The van der Waals surface area contributed by atoms with Crippen molar-refractivity contribution in [2.24, 2.45) is 0 Å². The number of methoxy groups -OCH3 is 1. The molecule has 2 aromatic carbocycles. The van der Waals surface area contributed by atoms with Crippen molar-refractivity contribution in [3.63, 3.8) is 0 Å². The predicted octanol–water partition coefficient (Wildman–Crippen LogP) is 3.50. The molecule has 0 fully saturated rings. The third-order valence-electron chi connectivity index (χ3n) is 3.61. The molecule has 0 aliphatic heterocycles. The Labute approximate surface area is 132 Å². The molecule has 0 saturated heterocycles. The summed E-state index contributed by atoms with van der Waals surface area (Å²) in [4.78, 5) is 0. The maximum absolute atomic E-state index is 13.7. The summed E-state index contributed by atoms with van der Waals surface area (Å²) in [6, 6.07) is 7.14. The van der Waals surface area contributed by atoms with Gasteiger partial charge in [-0.1, -0.05) is 6.07 Å². The minimum Gasteiger partial charge on any atom is -0.494 e. The fraction of sp³-hybridized carbons (Fsp3) is 0.294. The number of benzene rings is 2. The van der Waals surface area contributed by atoms with E-state index >= 15 is 0 Å². The van der Waals surface area contributed by atoms with Crippen LogP contribution in [-0.2, 0) is 0 Å². The summed E-state index contributed by atoms with van der Waals surface area (Å²) in [7, 11) is 1.38. The number of hydrogen-bond acceptors (Lipinski definition) is 3. The van der Waals surface area contributed by atoms with Crippen LogP contribution in [0.25, 0.3) is 0 Å². The summed E-state index contributed by atoms with van der Waals surface area (Å²) in [5.41, 5.74) is 0.529. The lowest BCUT2D eigenvalue weighted by atomic mass is 10.1. The van der Waals surface area contributed by atoms with Crippen LogP contribution in [0.2, 0.25) is 0 Å². The van der Waals surface area contributed by atoms with E-state index in [4.69, 9.17) is 4.74 Å². The van der Waals surface area contributed by atoms with Crippen LogP contribution in [0.1, 0.15) is 30.2 Å². The number of nitrogens with one attached hydrogen (secondary N) is 1. The van der Waals surface area contributed by atoms with Crippen LogP contribution in [0.4, 0.5) is 13.2 Å². The molecule has 0 bridgehead atoms.